The number of rotatable bonds is 4. The lowest BCUT2D eigenvalue weighted by Crippen LogP contribution is -2.51. The maximum atomic E-state index is 9.42. The van der Waals surface area contributed by atoms with E-state index in [4.69, 9.17) is 0 Å². The minimum atomic E-state index is -0.218. The Kier molecular flexibility index (Phi) is 4.54. The molecular formula is C14H22N2O. The van der Waals surface area contributed by atoms with Gasteiger partial charge in [0.2, 0.25) is 0 Å². The van der Waals surface area contributed by atoms with Crippen LogP contribution in [0.4, 0.5) is 0 Å². The lowest BCUT2D eigenvalue weighted by molar-refractivity contribution is 0.128. The molecule has 2 N–H and O–H groups in total. The van der Waals surface area contributed by atoms with Gasteiger partial charge in [-0.15, -0.1) is 0 Å². The van der Waals surface area contributed by atoms with Crippen LogP contribution in [0.25, 0.3) is 0 Å². The highest BCUT2D eigenvalue weighted by Gasteiger charge is 2.20. The monoisotopic (exact) mass is 234 g/mol. The van der Waals surface area contributed by atoms with Crippen LogP contribution in [0.2, 0.25) is 0 Å². The number of aliphatic hydroxyl groups excluding tert-OH is 1. The summed E-state index contributed by atoms with van der Waals surface area (Å²) in [5.74, 6) is 0. The van der Waals surface area contributed by atoms with Crippen LogP contribution in [0.1, 0.15) is 18.9 Å². The Morgan fingerprint density at radius 2 is 2.18 bits per heavy atom. The summed E-state index contributed by atoms with van der Waals surface area (Å²) in [7, 11) is 0. The molecule has 0 bridgehead atoms. The predicted molar refractivity (Wildman–Crippen MR) is 69.8 cm³/mol. The Morgan fingerprint density at radius 3 is 2.88 bits per heavy atom. The second-order valence-electron chi connectivity index (χ2n) is 4.96. The number of piperazine rings is 1. The van der Waals surface area contributed by atoms with Crippen molar-refractivity contribution in [2.24, 2.45) is 0 Å². The number of aliphatic hydroxyl groups is 1. The van der Waals surface area contributed by atoms with Gasteiger partial charge in [0.15, 0.2) is 0 Å². The molecule has 0 spiro atoms. The van der Waals surface area contributed by atoms with E-state index in [0.717, 1.165) is 32.6 Å². The maximum absolute atomic E-state index is 9.42. The first kappa shape index (κ1) is 12.6. The third kappa shape index (κ3) is 4.11. The van der Waals surface area contributed by atoms with Gasteiger partial charge in [0.25, 0.3) is 0 Å². The fourth-order valence-electron chi connectivity index (χ4n) is 2.45. The first-order valence-corrected chi connectivity index (χ1v) is 6.42. The van der Waals surface area contributed by atoms with Gasteiger partial charge in [0.1, 0.15) is 0 Å². The van der Waals surface area contributed by atoms with Gasteiger partial charge in [-0.05, 0) is 18.9 Å². The summed E-state index contributed by atoms with van der Waals surface area (Å²) >= 11 is 0. The van der Waals surface area contributed by atoms with Crippen molar-refractivity contribution >= 4 is 0 Å². The van der Waals surface area contributed by atoms with Gasteiger partial charge in [0, 0.05) is 32.2 Å². The quantitative estimate of drug-likeness (QED) is 0.822. The summed E-state index contributed by atoms with van der Waals surface area (Å²) < 4.78 is 0. The molecule has 1 aromatic carbocycles. The fraction of sp³-hybridized carbons (Fsp3) is 0.571. The van der Waals surface area contributed by atoms with Crippen molar-refractivity contribution in [2.45, 2.75) is 32.0 Å². The van der Waals surface area contributed by atoms with Crippen molar-refractivity contribution in [2.75, 3.05) is 19.6 Å². The van der Waals surface area contributed by atoms with E-state index in [1.54, 1.807) is 0 Å². The van der Waals surface area contributed by atoms with Gasteiger partial charge < -0.3 is 10.4 Å². The molecule has 0 amide bonds. The largest absolute Gasteiger partial charge is 0.393 e. The molecule has 0 aliphatic carbocycles. The summed E-state index contributed by atoms with van der Waals surface area (Å²) in [6.07, 6.45) is 0.620. The second kappa shape index (κ2) is 6.15. The predicted octanol–water partition coefficient (Wildman–Crippen LogP) is 1.23. The molecule has 2 rings (SSSR count). The standard InChI is InChI=1S/C14H22N2O/c1-12(17)9-14-11-16(8-7-15-14)10-13-5-3-2-4-6-13/h2-6,12,14-15,17H,7-11H2,1H3. The van der Waals surface area contributed by atoms with Gasteiger partial charge in [-0.2, -0.15) is 0 Å². The van der Waals surface area contributed by atoms with E-state index in [9.17, 15) is 5.11 Å². The van der Waals surface area contributed by atoms with Crippen molar-refractivity contribution < 1.29 is 5.11 Å². The lowest BCUT2D eigenvalue weighted by Gasteiger charge is -2.34. The summed E-state index contributed by atoms with van der Waals surface area (Å²) in [5, 5.41) is 12.9. The molecule has 94 valence electrons. The molecule has 0 aromatic heterocycles. The van der Waals surface area contributed by atoms with Crippen molar-refractivity contribution in [3.63, 3.8) is 0 Å². The number of hydrogen-bond acceptors (Lipinski definition) is 3. The fourth-order valence-corrected chi connectivity index (χ4v) is 2.45. The van der Waals surface area contributed by atoms with E-state index >= 15 is 0 Å². The van der Waals surface area contributed by atoms with Crippen LogP contribution in [-0.2, 0) is 6.54 Å². The first-order chi connectivity index (χ1) is 8.24. The van der Waals surface area contributed by atoms with Gasteiger partial charge >= 0.3 is 0 Å². The van der Waals surface area contributed by atoms with E-state index in [0.29, 0.717) is 6.04 Å². The zero-order valence-electron chi connectivity index (χ0n) is 10.5. The SMILES string of the molecule is CC(O)CC1CN(Cc2ccccc2)CCN1. The molecular weight excluding hydrogens is 212 g/mol. The molecule has 17 heavy (non-hydrogen) atoms. The summed E-state index contributed by atoms with van der Waals surface area (Å²) in [5.41, 5.74) is 1.37. The molecule has 1 heterocycles. The Morgan fingerprint density at radius 1 is 1.41 bits per heavy atom. The molecule has 0 saturated carbocycles. The number of benzene rings is 1. The van der Waals surface area contributed by atoms with E-state index in [1.807, 2.05) is 6.92 Å². The Balaban J connectivity index is 1.85. The maximum Gasteiger partial charge on any atom is 0.0527 e. The van der Waals surface area contributed by atoms with Gasteiger partial charge in [0.05, 0.1) is 6.10 Å². The molecule has 2 atom stereocenters. The Hall–Kier alpha value is -0.900. The van der Waals surface area contributed by atoms with E-state index < -0.39 is 0 Å². The van der Waals surface area contributed by atoms with Crippen LogP contribution < -0.4 is 5.32 Å². The Bertz CT molecular complexity index is 326. The molecule has 1 aliphatic rings. The van der Waals surface area contributed by atoms with Gasteiger partial charge in [-0.3, -0.25) is 4.90 Å². The van der Waals surface area contributed by atoms with Crippen molar-refractivity contribution in [1.82, 2.24) is 10.2 Å². The Labute approximate surface area is 103 Å². The molecule has 1 aromatic rings. The molecule has 1 saturated heterocycles. The highest BCUT2D eigenvalue weighted by Crippen LogP contribution is 2.10. The van der Waals surface area contributed by atoms with Crippen LogP contribution in [0, 0.1) is 0 Å². The van der Waals surface area contributed by atoms with Crippen molar-refractivity contribution in [3.05, 3.63) is 35.9 Å². The molecule has 0 radical (unpaired) electrons. The summed E-state index contributed by atoms with van der Waals surface area (Å²) in [6, 6.07) is 11.0. The molecule has 3 heteroatoms. The van der Waals surface area contributed by atoms with E-state index in [2.05, 4.69) is 40.5 Å². The summed E-state index contributed by atoms with van der Waals surface area (Å²) in [6.45, 7) is 6.01. The molecule has 1 fully saturated rings. The molecule has 2 unspecified atom stereocenters. The van der Waals surface area contributed by atoms with Crippen molar-refractivity contribution in [3.8, 4) is 0 Å². The van der Waals surface area contributed by atoms with Crippen LogP contribution in [-0.4, -0.2) is 41.8 Å². The minimum absolute atomic E-state index is 0.218. The first-order valence-electron chi connectivity index (χ1n) is 6.42. The lowest BCUT2D eigenvalue weighted by atomic mass is 10.1. The number of nitrogens with one attached hydrogen (secondary N) is 1. The van der Waals surface area contributed by atoms with Crippen LogP contribution >= 0.6 is 0 Å². The molecule has 3 nitrogen and oxygen atoms in total. The van der Waals surface area contributed by atoms with Gasteiger partial charge in [-0.1, -0.05) is 30.3 Å². The van der Waals surface area contributed by atoms with Gasteiger partial charge in [-0.25, -0.2) is 0 Å². The highest BCUT2D eigenvalue weighted by molar-refractivity contribution is 5.14. The average molecular weight is 234 g/mol. The average Bonchev–Trinajstić information content (AvgIpc) is 2.30. The molecule has 1 aliphatic heterocycles. The smallest absolute Gasteiger partial charge is 0.0527 e. The highest BCUT2D eigenvalue weighted by atomic mass is 16.3. The minimum Gasteiger partial charge on any atom is -0.393 e. The number of hydrogen-bond donors (Lipinski definition) is 2. The second-order valence-corrected chi connectivity index (χ2v) is 4.96. The van der Waals surface area contributed by atoms with E-state index in [-0.39, 0.29) is 6.10 Å². The van der Waals surface area contributed by atoms with Crippen LogP contribution in [0.15, 0.2) is 30.3 Å². The zero-order valence-corrected chi connectivity index (χ0v) is 10.5. The zero-order chi connectivity index (χ0) is 12.1. The van der Waals surface area contributed by atoms with Crippen molar-refractivity contribution in [1.29, 1.82) is 0 Å². The summed E-state index contributed by atoms with van der Waals surface area (Å²) in [4.78, 5) is 2.46. The third-order valence-electron chi connectivity index (χ3n) is 3.21. The topological polar surface area (TPSA) is 35.5 Å². The number of nitrogens with zero attached hydrogens (tertiary/aromatic N) is 1. The van der Waals surface area contributed by atoms with Crippen LogP contribution in [0.5, 0.6) is 0 Å². The van der Waals surface area contributed by atoms with E-state index in [1.165, 1.54) is 5.56 Å². The third-order valence-corrected chi connectivity index (χ3v) is 3.21. The van der Waals surface area contributed by atoms with Crippen LogP contribution in [0.3, 0.4) is 0 Å². The normalized spacial score (nSPS) is 23.5.